The van der Waals surface area contributed by atoms with Crippen molar-refractivity contribution in [2.24, 2.45) is 0 Å². The Labute approximate surface area is 93.2 Å². The summed E-state index contributed by atoms with van der Waals surface area (Å²) < 4.78 is 0. The lowest BCUT2D eigenvalue weighted by molar-refractivity contribution is 0.104. The van der Waals surface area contributed by atoms with Gasteiger partial charge in [0.15, 0.2) is 5.78 Å². The third-order valence-corrected chi connectivity index (χ3v) is 3.01. The molecule has 0 saturated heterocycles. The van der Waals surface area contributed by atoms with Gasteiger partial charge in [0.05, 0.1) is 0 Å². The summed E-state index contributed by atoms with van der Waals surface area (Å²) in [6.45, 7) is 1.91. The Morgan fingerprint density at radius 1 is 1.00 bits per heavy atom. The molecule has 0 amide bonds. The Bertz CT molecular complexity index is 612. The molecule has 0 aliphatic heterocycles. The molecule has 78 valence electrons. The molecule has 0 radical (unpaired) electrons. The molecule has 0 atom stereocenters. The van der Waals surface area contributed by atoms with Gasteiger partial charge in [-0.1, -0.05) is 24.3 Å². The SMILES string of the molecule is Cc1cc(O)cc2c1-c1ccccc1C2=O. The normalized spacial score (nSPS) is 12.4. The number of phenols is 1. The third kappa shape index (κ3) is 1.04. The summed E-state index contributed by atoms with van der Waals surface area (Å²) in [5, 5.41) is 9.52. The average molecular weight is 210 g/mol. The number of aromatic hydroxyl groups is 1. The number of hydrogen-bond acceptors (Lipinski definition) is 2. The van der Waals surface area contributed by atoms with Gasteiger partial charge in [-0.3, -0.25) is 4.79 Å². The van der Waals surface area contributed by atoms with Crippen LogP contribution in [0.3, 0.4) is 0 Å². The number of carbonyl (C=O) groups is 1. The van der Waals surface area contributed by atoms with Crippen molar-refractivity contribution < 1.29 is 9.90 Å². The molecule has 1 aliphatic carbocycles. The highest BCUT2D eigenvalue weighted by atomic mass is 16.3. The van der Waals surface area contributed by atoms with Crippen molar-refractivity contribution >= 4 is 5.78 Å². The van der Waals surface area contributed by atoms with Crippen LogP contribution in [-0.2, 0) is 0 Å². The van der Waals surface area contributed by atoms with Gasteiger partial charge < -0.3 is 5.11 Å². The number of phenolic OH excluding ortho intramolecular Hbond substituents is 1. The molecule has 1 aliphatic rings. The van der Waals surface area contributed by atoms with Crippen molar-refractivity contribution in [2.45, 2.75) is 6.92 Å². The van der Waals surface area contributed by atoms with E-state index in [9.17, 15) is 9.90 Å². The molecule has 0 saturated carbocycles. The van der Waals surface area contributed by atoms with Gasteiger partial charge in [-0.05, 0) is 35.7 Å². The zero-order chi connectivity index (χ0) is 11.3. The smallest absolute Gasteiger partial charge is 0.194 e. The highest BCUT2D eigenvalue weighted by Gasteiger charge is 2.27. The fourth-order valence-corrected chi connectivity index (χ4v) is 2.35. The van der Waals surface area contributed by atoms with E-state index in [2.05, 4.69) is 0 Å². The highest BCUT2D eigenvalue weighted by molar-refractivity contribution is 6.22. The summed E-state index contributed by atoms with van der Waals surface area (Å²) in [6, 6.07) is 10.8. The monoisotopic (exact) mass is 210 g/mol. The van der Waals surface area contributed by atoms with Crippen molar-refractivity contribution in [3.63, 3.8) is 0 Å². The number of rotatable bonds is 0. The Morgan fingerprint density at radius 3 is 2.44 bits per heavy atom. The fraction of sp³-hybridized carbons (Fsp3) is 0.0714. The Morgan fingerprint density at radius 2 is 1.69 bits per heavy atom. The van der Waals surface area contributed by atoms with E-state index in [0.29, 0.717) is 5.56 Å². The van der Waals surface area contributed by atoms with Crippen LogP contribution >= 0.6 is 0 Å². The summed E-state index contributed by atoms with van der Waals surface area (Å²) >= 11 is 0. The van der Waals surface area contributed by atoms with Crippen LogP contribution in [0.2, 0.25) is 0 Å². The molecule has 1 N–H and O–H groups in total. The van der Waals surface area contributed by atoms with Gasteiger partial charge in [-0.15, -0.1) is 0 Å². The van der Waals surface area contributed by atoms with Crippen LogP contribution < -0.4 is 0 Å². The first-order chi connectivity index (χ1) is 7.68. The number of aryl methyl sites for hydroxylation is 1. The molecule has 0 spiro atoms. The highest BCUT2D eigenvalue weighted by Crippen LogP contribution is 2.40. The predicted molar refractivity (Wildman–Crippen MR) is 61.7 cm³/mol. The summed E-state index contributed by atoms with van der Waals surface area (Å²) in [4.78, 5) is 12.1. The molecule has 2 heteroatoms. The van der Waals surface area contributed by atoms with Gasteiger partial charge >= 0.3 is 0 Å². The molecular weight excluding hydrogens is 200 g/mol. The van der Waals surface area contributed by atoms with Crippen molar-refractivity contribution in [2.75, 3.05) is 0 Å². The number of benzene rings is 2. The van der Waals surface area contributed by atoms with Gasteiger partial charge in [0.2, 0.25) is 0 Å². The maximum atomic E-state index is 12.1. The molecule has 2 aromatic rings. The van der Waals surface area contributed by atoms with E-state index in [1.54, 1.807) is 12.1 Å². The third-order valence-electron chi connectivity index (χ3n) is 3.01. The minimum absolute atomic E-state index is 0.00426. The summed E-state index contributed by atoms with van der Waals surface area (Å²) in [6.07, 6.45) is 0. The summed E-state index contributed by atoms with van der Waals surface area (Å²) in [7, 11) is 0. The van der Waals surface area contributed by atoms with E-state index in [1.165, 1.54) is 0 Å². The molecular formula is C14H10O2. The fourth-order valence-electron chi connectivity index (χ4n) is 2.35. The lowest BCUT2D eigenvalue weighted by Crippen LogP contribution is -1.94. The molecule has 0 fully saturated rings. The predicted octanol–water partition coefficient (Wildman–Crippen LogP) is 2.91. The summed E-state index contributed by atoms with van der Waals surface area (Å²) in [5.41, 5.74) is 4.21. The Hall–Kier alpha value is -2.09. The molecule has 0 bridgehead atoms. The molecule has 0 aromatic heterocycles. The van der Waals surface area contributed by atoms with Crippen molar-refractivity contribution in [1.82, 2.24) is 0 Å². The minimum Gasteiger partial charge on any atom is -0.508 e. The average Bonchev–Trinajstić information content (AvgIpc) is 2.54. The topological polar surface area (TPSA) is 37.3 Å². The van der Waals surface area contributed by atoms with E-state index >= 15 is 0 Å². The molecule has 0 unspecified atom stereocenters. The van der Waals surface area contributed by atoms with Crippen LogP contribution in [0.15, 0.2) is 36.4 Å². The maximum absolute atomic E-state index is 12.1. The van der Waals surface area contributed by atoms with Crippen molar-refractivity contribution in [3.05, 3.63) is 53.1 Å². The van der Waals surface area contributed by atoms with Crippen molar-refractivity contribution in [1.29, 1.82) is 0 Å². The van der Waals surface area contributed by atoms with Gasteiger partial charge in [0, 0.05) is 11.1 Å². The standard InChI is InChI=1S/C14H10O2/c1-8-6-9(15)7-12-13(8)10-4-2-3-5-11(10)14(12)16/h2-7,15H,1H3. The van der Waals surface area contributed by atoms with E-state index < -0.39 is 0 Å². The van der Waals surface area contributed by atoms with Crippen LogP contribution in [0.1, 0.15) is 21.5 Å². The second-order valence-corrected chi connectivity index (χ2v) is 4.06. The summed E-state index contributed by atoms with van der Waals surface area (Å²) in [5.74, 6) is 0.155. The second kappa shape index (κ2) is 2.95. The Kier molecular flexibility index (Phi) is 1.69. The minimum atomic E-state index is 0.00426. The number of fused-ring (bicyclic) bond motifs is 3. The van der Waals surface area contributed by atoms with E-state index in [4.69, 9.17) is 0 Å². The number of ketones is 1. The quantitative estimate of drug-likeness (QED) is 0.619. The van der Waals surface area contributed by atoms with Crippen molar-refractivity contribution in [3.8, 4) is 16.9 Å². The van der Waals surface area contributed by atoms with Crippen LogP contribution in [0, 0.1) is 6.92 Å². The molecule has 16 heavy (non-hydrogen) atoms. The van der Waals surface area contributed by atoms with Crippen LogP contribution in [0.25, 0.3) is 11.1 Å². The first-order valence-electron chi connectivity index (χ1n) is 5.16. The molecule has 2 aromatic carbocycles. The van der Waals surface area contributed by atoms with Gasteiger partial charge in [0.25, 0.3) is 0 Å². The largest absolute Gasteiger partial charge is 0.508 e. The molecule has 2 nitrogen and oxygen atoms in total. The maximum Gasteiger partial charge on any atom is 0.194 e. The van der Waals surface area contributed by atoms with Crippen LogP contribution in [0.5, 0.6) is 5.75 Å². The first-order valence-corrected chi connectivity index (χ1v) is 5.16. The number of carbonyl (C=O) groups excluding carboxylic acids is 1. The lowest BCUT2D eigenvalue weighted by atomic mass is 10.0. The van der Waals surface area contributed by atoms with E-state index in [1.807, 2.05) is 31.2 Å². The second-order valence-electron chi connectivity index (χ2n) is 4.06. The van der Waals surface area contributed by atoms with E-state index in [-0.39, 0.29) is 11.5 Å². The Balaban J connectivity index is 2.43. The zero-order valence-electron chi connectivity index (χ0n) is 8.82. The lowest BCUT2D eigenvalue weighted by Gasteiger charge is -2.04. The van der Waals surface area contributed by atoms with Crippen LogP contribution in [0.4, 0.5) is 0 Å². The zero-order valence-corrected chi connectivity index (χ0v) is 8.82. The molecule has 3 rings (SSSR count). The first kappa shape index (κ1) is 9.16. The van der Waals surface area contributed by atoms with Gasteiger partial charge in [-0.25, -0.2) is 0 Å². The van der Waals surface area contributed by atoms with Crippen LogP contribution in [-0.4, -0.2) is 10.9 Å². The van der Waals surface area contributed by atoms with Gasteiger partial charge in [0.1, 0.15) is 5.75 Å². The van der Waals surface area contributed by atoms with E-state index in [0.717, 1.165) is 22.3 Å². The molecule has 0 heterocycles. The number of hydrogen-bond donors (Lipinski definition) is 1. The van der Waals surface area contributed by atoms with Gasteiger partial charge in [-0.2, -0.15) is 0 Å².